The maximum Gasteiger partial charge on any atom is 0.226 e. The largest absolute Gasteiger partial charge is 0.399 e. The number of nitrogen functional groups attached to an aromatic ring is 1. The SMILES string of the molecule is CN(CCc1ccccn1)C(=O)Cc1cccc(N)c1. The second-order valence-electron chi connectivity index (χ2n) is 4.81. The van der Waals surface area contributed by atoms with Crippen LogP contribution >= 0.6 is 0 Å². The van der Waals surface area contributed by atoms with Gasteiger partial charge in [0.1, 0.15) is 0 Å². The summed E-state index contributed by atoms with van der Waals surface area (Å²) in [5.74, 6) is 0.0894. The second kappa shape index (κ2) is 6.70. The molecule has 1 aromatic carbocycles. The molecule has 4 heteroatoms. The molecule has 0 fully saturated rings. The maximum absolute atomic E-state index is 12.1. The van der Waals surface area contributed by atoms with Crippen LogP contribution in [0, 0.1) is 0 Å². The third-order valence-corrected chi connectivity index (χ3v) is 3.16. The van der Waals surface area contributed by atoms with Crippen molar-refractivity contribution in [1.29, 1.82) is 0 Å². The van der Waals surface area contributed by atoms with Crippen LogP contribution in [0.25, 0.3) is 0 Å². The van der Waals surface area contributed by atoms with Gasteiger partial charge in [-0.2, -0.15) is 0 Å². The van der Waals surface area contributed by atoms with Gasteiger partial charge in [0.05, 0.1) is 6.42 Å². The molecule has 0 atom stereocenters. The summed E-state index contributed by atoms with van der Waals surface area (Å²) in [7, 11) is 1.82. The van der Waals surface area contributed by atoms with Crippen LogP contribution in [-0.4, -0.2) is 29.4 Å². The number of carbonyl (C=O) groups is 1. The number of hydrogen-bond acceptors (Lipinski definition) is 3. The molecule has 0 aliphatic heterocycles. The first-order chi connectivity index (χ1) is 9.65. The molecule has 1 amide bonds. The van der Waals surface area contributed by atoms with Gasteiger partial charge in [0, 0.05) is 37.6 Å². The number of pyridine rings is 1. The van der Waals surface area contributed by atoms with Gasteiger partial charge in [-0.1, -0.05) is 18.2 Å². The van der Waals surface area contributed by atoms with Crippen LogP contribution in [0.15, 0.2) is 48.7 Å². The summed E-state index contributed by atoms with van der Waals surface area (Å²) in [5.41, 5.74) is 8.34. The highest BCUT2D eigenvalue weighted by atomic mass is 16.2. The zero-order valence-corrected chi connectivity index (χ0v) is 11.6. The first kappa shape index (κ1) is 14.1. The minimum absolute atomic E-state index is 0.0894. The molecule has 2 aromatic rings. The Morgan fingerprint density at radius 1 is 1.25 bits per heavy atom. The van der Waals surface area contributed by atoms with Crippen LogP contribution < -0.4 is 5.73 Å². The number of nitrogens with zero attached hydrogens (tertiary/aromatic N) is 2. The minimum Gasteiger partial charge on any atom is -0.399 e. The highest BCUT2D eigenvalue weighted by Gasteiger charge is 2.10. The molecule has 2 rings (SSSR count). The Bertz CT molecular complexity index is 569. The summed E-state index contributed by atoms with van der Waals surface area (Å²) in [6.45, 7) is 0.665. The molecule has 0 bridgehead atoms. The average Bonchev–Trinajstić information content (AvgIpc) is 2.46. The van der Waals surface area contributed by atoms with Gasteiger partial charge in [-0.15, -0.1) is 0 Å². The van der Waals surface area contributed by atoms with Crippen LogP contribution in [0.1, 0.15) is 11.3 Å². The number of carbonyl (C=O) groups excluding carboxylic acids is 1. The lowest BCUT2D eigenvalue weighted by atomic mass is 10.1. The Kier molecular flexibility index (Phi) is 4.71. The third kappa shape index (κ3) is 4.09. The van der Waals surface area contributed by atoms with Gasteiger partial charge >= 0.3 is 0 Å². The Morgan fingerprint density at radius 2 is 2.10 bits per heavy atom. The number of anilines is 1. The molecule has 0 spiro atoms. The van der Waals surface area contributed by atoms with E-state index in [-0.39, 0.29) is 5.91 Å². The van der Waals surface area contributed by atoms with Gasteiger partial charge in [0.15, 0.2) is 0 Å². The second-order valence-corrected chi connectivity index (χ2v) is 4.81. The topological polar surface area (TPSA) is 59.2 Å². The fourth-order valence-corrected chi connectivity index (χ4v) is 1.97. The van der Waals surface area contributed by atoms with E-state index < -0.39 is 0 Å². The number of aromatic nitrogens is 1. The Balaban J connectivity index is 1.86. The number of amides is 1. The molecule has 0 unspecified atom stereocenters. The predicted molar refractivity (Wildman–Crippen MR) is 80.1 cm³/mol. The Labute approximate surface area is 119 Å². The summed E-state index contributed by atoms with van der Waals surface area (Å²) in [6, 6.07) is 13.3. The highest BCUT2D eigenvalue weighted by molar-refractivity contribution is 5.78. The van der Waals surface area contributed by atoms with Crippen LogP contribution in [0.4, 0.5) is 5.69 Å². The number of likely N-dealkylation sites (N-methyl/N-ethyl adjacent to an activating group) is 1. The molecule has 0 aliphatic carbocycles. The van der Waals surface area contributed by atoms with Crippen LogP contribution in [0.3, 0.4) is 0 Å². The predicted octanol–water partition coefficient (Wildman–Crippen LogP) is 1.91. The van der Waals surface area contributed by atoms with E-state index in [1.54, 1.807) is 11.1 Å². The lowest BCUT2D eigenvalue weighted by molar-refractivity contribution is -0.129. The van der Waals surface area contributed by atoms with Crippen LogP contribution in [0.2, 0.25) is 0 Å². The van der Waals surface area contributed by atoms with E-state index in [1.807, 2.05) is 49.5 Å². The molecular formula is C16H19N3O. The molecule has 0 radical (unpaired) electrons. The molecule has 2 N–H and O–H groups in total. The van der Waals surface area contributed by atoms with E-state index in [1.165, 1.54) is 0 Å². The van der Waals surface area contributed by atoms with Crippen molar-refractivity contribution < 1.29 is 4.79 Å². The average molecular weight is 269 g/mol. The minimum atomic E-state index is 0.0894. The molecule has 0 saturated heterocycles. The van der Waals surface area contributed by atoms with E-state index in [0.29, 0.717) is 18.7 Å². The molecule has 104 valence electrons. The summed E-state index contributed by atoms with van der Waals surface area (Å²) < 4.78 is 0. The van der Waals surface area contributed by atoms with Crippen molar-refractivity contribution in [3.63, 3.8) is 0 Å². The van der Waals surface area contributed by atoms with Crippen LogP contribution in [0.5, 0.6) is 0 Å². The lowest BCUT2D eigenvalue weighted by Crippen LogP contribution is -2.30. The van der Waals surface area contributed by atoms with Gasteiger partial charge in [-0.25, -0.2) is 0 Å². The van der Waals surface area contributed by atoms with Crippen molar-refractivity contribution in [2.75, 3.05) is 19.3 Å². The van der Waals surface area contributed by atoms with Gasteiger partial charge in [-0.05, 0) is 29.8 Å². The zero-order valence-electron chi connectivity index (χ0n) is 11.6. The number of hydrogen-bond donors (Lipinski definition) is 1. The smallest absolute Gasteiger partial charge is 0.226 e. The molecule has 4 nitrogen and oxygen atoms in total. The highest BCUT2D eigenvalue weighted by Crippen LogP contribution is 2.08. The molecule has 1 heterocycles. The van der Waals surface area contributed by atoms with E-state index in [0.717, 1.165) is 17.7 Å². The summed E-state index contributed by atoms with van der Waals surface area (Å²) in [4.78, 5) is 18.1. The standard InChI is InChI=1S/C16H19N3O/c1-19(10-8-15-7-2-3-9-18-15)16(20)12-13-5-4-6-14(17)11-13/h2-7,9,11H,8,10,12,17H2,1H3. The zero-order chi connectivity index (χ0) is 14.4. The normalized spacial score (nSPS) is 10.2. The molecule has 1 aromatic heterocycles. The quantitative estimate of drug-likeness (QED) is 0.843. The molecule has 0 aliphatic rings. The molecule has 20 heavy (non-hydrogen) atoms. The van der Waals surface area contributed by atoms with Gasteiger partial charge in [0.2, 0.25) is 5.91 Å². The van der Waals surface area contributed by atoms with Gasteiger partial charge < -0.3 is 10.6 Å². The van der Waals surface area contributed by atoms with Gasteiger partial charge in [0.25, 0.3) is 0 Å². The van der Waals surface area contributed by atoms with Crippen molar-refractivity contribution >= 4 is 11.6 Å². The van der Waals surface area contributed by atoms with Crippen molar-refractivity contribution in [3.05, 3.63) is 59.9 Å². The monoisotopic (exact) mass is 269 g/mol. The fourth-order valence-electron chi connectivity index (χ4n) is 1.97. The van der Waals surface area contributed by atoms with Crippen molar-refractivity contribution in [1.82, 2.24) is 9.88 Å². The summed E-state index contributed by atoms with van der Waals surface area (Å²) in [6.07, 6.45) is 2.91. The van der Waals surface area contributed by atoms with Crippen molar-refractivity contribution in [2.24, 2.45) is 0 Å². The number of rotatable bonds is 5. The van der Waals surface area contributed by atoms with Crippen molar-refractivity contribution in [2.45, 2.75) is 12.8 Å². The van der Waals surface area contributed by atoms with Crippen LogP contribution in [-0.2, 0) is 17.6 Å². The molecular weight excluding hydrogens is 250 g/mol. The Morgan fingerprint density at radius 3 is 2.80 bits per heavy atom. The first-order valence-electron chi connectivity index (χ1n) is 6.63. The van der Waals surface area contributed by atoms with E-state index in [9.17, 15) is 4.79 Å². The Hall–Kier alpha value is -2.36. The number of nitrogens with two attached hydrogens (primary N) is 1. The summed E-state index contributed by atoms with van der Waals surface area (Å²) >= 11 is 0. The maximum atomic E-state index is 12.1. The van der Waals surface area contributed by atoms with Gasteiger partial charge in [-0.3, -0.25) is 9.78 Å². The van der Waals surface area contributed by atoms with E-state index >= 15 is 0 Å². The van der Waals surface area contributed by atoms with E-state index in [2.05, 4.69) is 4.98 Å². The number of benzene rings is 1. The van der Waals surface area contributed by atoms with E-state index in [4.69, 9.17) is 5.73 Å². The fraction of sp³-hybridized carbons (Fsp3) is 0.250. The molecule has 0 saturated carbocycles. The van der Waals surface area contributed by atoms with Crippen molar-refractivity contribution in [3.8, 4) is 0 Å². The third-order valence-electron chi connectivity index (χ3n) is 3.16. The summed E-state index contributed by atoms with van der Waals surface area (Å²) in [5, 5.41) is 0. The first-order valence-corrected chi connectivity index (χ1v) is 6.63. The lowest BCUT2D eigenvalue weighted by Gasteiger charge is -2.17.